The third kappa shape index (κ3) is 4.05. The summed E-state index contributed by atoms with van der Waals surface area (Å²) < 4.78 is 38.4. The highest BCUT2D eigenvalue weighted by atomic mass is 19.1. The highest BCUT2D eigenvalue weighted by Crippen LogP contribution is 2.38. The standard InChI is InChI=1S/C19H30BFN2O5/c1-16(2,3)26-15(24)23-10-8-19(21,9-11-23)14-22-12-13(25-14)20-27-17(4,5)18(6,7)28-20/h12H,8-11H2,1-7H3. The number of hydrogen-bond acceptors (Lipinski definition) is 6. The van der Waals surface area contributed by atoms with E-state index in [4.69, 9.17) is 18.5 Å². The van der Waals surface area contributed by atoms with E-state index in [1.54, 1.807) is 20.8 Å². The Hall–Kier alpha value is -1.61. The summed E-state index contributed by atoms with van der Waals surface area (Å²) in [6.45, 7) is 13.6. The van der Waals surface area contributed by atoms with Gasteiger partial charge in [-0.25, -0.2) is 14.2 Å². The minimum absolute atomic E-state index is 0.000973. The van der Waals surface area contributed by atoms with Gasteiger partial charge in [-0.1, -0.05) is 0 Å². The number of rotatable bonds is 2. The largest absolute Gasteiger partial charge is 0.534 e. The van der Waals surface area contributed by atoms with E-state index >= 15 is 4.39 Å². The van der Waals surface area contributed by atoms with Crippen LogP contribution in [0.25, 0.3) is 0 Å². The molecule has 156 valence electrons. The van der Waals surface area contributed by atoms with Gasteiger partial charge in [0, 0.05) is 25.9 Å². The molecular weight excluding hydrogens is 366 g/mol. The number of carbonyl (C=O) groups excluding carboxylic acids is 1. The fourth-order valence-electron chi connectivity index (χ4n) is 3.15. The third-order valence-electron chi connectivity index (χ3n) is 5.60. The van der Waals surface area contributed by atoms with Crippen LogP contribution in [0, 0.1) is 0 Å². The highest BCUT2D eigenvalue weighted by molar-refractivity contribution is 6.60. The zero-order chi connectivity index (χ0) is 21.0. The van der Waals surface area contributed by atoms with Crippen LogP contribution in [-0.4, -0.2) is 53.0 Å². The Morgan fingerprint density at radius 2 is 1.71 bits per heavy atom. The Bertz CT molecular complexity index is 719. The van der Waals surface area contributed by atoms with E-state index in [9.17, 15) is 4.79 Å². The summed E-state index contributed by atoms with van der Waals surface area (Å²) >= 11 is 0. The van der Waals surface area contributed by atoms with Crippen LogP contribution in [0.4, 0.5) is 9.18 Å². The lowest BCUT2D eigenvalue weighted by molar-refractivity contribution is -0.00437. The zero-order valence-corrected chi connectivity index (χ0v) is 17.8. The number of hydrogen-bond donors (Lipinski definition) is 0. The molecule has 3 rings (SSSR count). The van der Waals surface area contributed by atoms with Crippen molar-refractivity contribution < 1.29 is 27.6 Å². The summed E-state index contributed by atoms with van der Waals surface area (Å²) in [6, 6.07) is 0. The predicted octanol–water partition coefficient (Wildman–Crippen LogP) is 3.17. The highest BCUT2D eigenvalue weighted by Gasteiger charge is 2.54. The predicted molar refractivity (Wildman–Crippen MR) is 102 cm³/mol. The van der Waals surface area contributed by atoms with Crippen molar-refractivity contribution >= 4 is 18.9 Å². The normalized spacial score (nSPS) is 23.7. The summed E-state index contributed by atoms with van der Waals surface area (Å²) in [7, 11) is -0.725. The molecule has 0 bridgehead atoms. The lowest BCUT2D eigenvalue weighted by Crippen LogP contribution is -2.45. The molecule has 0 aliphatic carbocycles. The van der Waals surface area contributed by atoms with E-state index in [-0.39, 0.29) is 31.8 Å². The molecule has 3 heterocycles. The van der Waals surface area contributed by atoms with Crippen molar-refractivity contribution in [2.24, 2.45) is 0 Å². The second-order valence-corrected chi connectivity index (χ2v) is 9.59. The first kappa shape index (κ1) is 21.1. The van der Waals surface area contributed by atoms with Crippen molar-refractivity contribution in [1.82, 2.24) is 9.88 Å². The topological polar surface area (TPSA) is 74.0 Å². The van der Waals surface area contributed by atoms with Gasteiger partial charge in [0.25, 0.3) is 0 Å². The molecule has 1 aromatic heterocycles. The van der Waals surface area contributed by atoms with Gasteiger partial charge in [0.1, 0.15) is 5.60 Å². The van der Waals surface area contributed by atoms with E-state index in [1.165, 1.54) is 11.1 Å². The van der Waals surface area contributed by atoms with E-state index in [1.807, 2.05) is 27.7 Å². The van der Waals surface area contributed by atoms with Crippen LogP contribution in [0.15, 0.2) is 10.6 Å². The average molecular weight is 396 g/mol. The maximum absolute atomic E-state index is 15.5. The second-order valence-electron chi connectivity index (χ2n) is 9.59. The van der Waals surface area contributed by atoms with E-state index in [2.05, 4.69) is 4.98 Å². The van der Waals surface area contributed by atoms with E-state index in [0.29, 0.717) is 5.66 Å². The Balaban J connectivity index is 1.65. The monoisotopic (exact) mass is 396 g/mol. The van der Waals surface area contributed by atoms with E-state index in [0.717, 1.165) is 0 Å². The van der Waals surface area contributed by atoms with Crippen molar-refractivity contribution in [1.29, 1.82) is 0 Å². The lowest BCUT2D eigenvalue weighted by atomic mass is 9.87. The van der Waals surface area contributed by atoms with Crippen LogP contribution < -0.4 is 5.66 Å². The van der Waals surface area contributed by atoms with Gasteiger partial charge in [-0.15, -0.1) is 0 Å². The number of oxazole rings is 1. The molecule has 2 fully saturated rings. The minimum atomic E-state index is -1.74. The number of nitrogens with zero attached hydrogens (tertiary/aromatic N) is 2. The quantitative estimate of drug-likeness (QED) is 0.715. The molecule has 1 aromatic rings. The van der Waals surface area contributed by atoms with Crippen molar-refractivity contribution in [3.8, 4) is 0 Å². The molecule has 0 saturated carbocycles. The van der Waals surface area contributed by atoms with Gasteiger partial charge in [0.05, 0.1) is 17.4 Å². The van der Waals surface area contributed by atoms with Gasteiger partial charge in [-0.3, -0.25) is 0 Å². The third-order valence-corrected chi connectivity index (χ3v) is 5.60. The van der Waals surface area contributed by atoms with E-state index < -0.39 is 35.7 Å². The molecule has 0 aromatic carbocycles. The SMILES string of the molecule is CC(C)(C)OC(=O)N1CCC(F)(c2ncc(B3OC(C)(C)C(C)(C)O3)o2)CC1. The molecule has 0 unspecified atom stereocenters. The molecule has 1 amide bonds. The van der Waals surface area contributed by atoms with Crippen LogP contribution in [-0.2, 0) is 19.7 Å². The number of likely N-dealkylation sites (tertiary alicyclic amines) is 1. The smallest absolute Gasteiger partial charge is 0.446 e. The number of aromatic nitrogens is 1. The number of alkyl halides is 1. The molecule has 0 radical (unpaired) electrons. The van der Waals surface area contributed by atoms with Gasteiger partial charge in [0.2, 0.25) is 5.89 Å². The summed E-state index contributed by atoms with van der Waals surface area (Å²) in [5.41, 5.74) is -3.00. The number of halogens is 1. The van der Waals surface area contributed by atoms with Gasteiger partial charge < -0.3 is 23.4 Å². The van der Waals surface area contributed by atoms with Gasteiger partial charge in [-0.2, -0.15) is 0 Å². The molecule has 7 nitrogen and oxygen atoms in total. The zero-order valence-electron chi connectivity index (χ0n) is 17.8. The van der Waals surface area contributed by atoms with Crippen LogP contribution in [0.5, 0.6) is 0 Å². The first-order chi connectivity index (χ1) is 12.7. The maximum atomic E-state index is 15.5. The van der Waals surface area contributed by atoms with Crippen molar-refractivity contribution in [3.63, 3.8) is 0 Å². The lowest BCUT2D eigenvalue weighted by Gasteiger charge is -2.35. The Kier molecular flexibility index (Phi) is 5.07. The molecule has 2 aliphatic rings. The van der Waals surface area contributed by atoms with Crippen LogP contribution in [0.3, 0.4) is 0 Å². The van der Waals surface area contributed by atoms with Crippen molar-refractivity contribution in [3.05, 3.63) is 12.1 Å². The summed E-state index contributed by atoms with van der Waals surface area (Å²) in [5.74, 6) is 0.000973. The van der Waals surface area contributed by atoms with Gasteiger partial charge >= 0.3 is 13.2 Å². The van der Waals surface area contributed by atoms with Gasteiger partial charge in [-0.05, 0) is 48.5 Å². The first-order valence-corrected chi connectivity index (χ1v) is 9.71. The summed E-state index contributed by atoms with van der Waals surface area (Å²) in [4.78, 5) is 17.8. The van der Waals surface area contributed by atoms with Gasteiger partial charge in [0.15, 0.2) is 11.3 Å². The number of amides is 1. The molecule has 9 heteroatoms. The fraction of sp³-hybridized carbons (Fsp3) is 0.789. The molecule has 0 atom stereocenters. The van der Waals surface area contributed by atoms with Crippen molar-refractivity contribution in [2.75, 3.05) is 13.1 Å². The van der Waals surface area contributed by atoms with Crippen LogP contribution in [0.1, 0.15) is 67.2 Å². The molecular formula is C19H30BFN2O5. The Morgan fingerprint density at radius 1 is 1.18 bits per heavy atom. The fourth-order valence-corrected chi connectivity index (χ4v) is 3.15. The molecule has 28 heavy (non-hydrogen) atoms. The molecule has 0 spiro atoms. The Morgan fingerprint density at radius 3 is 2.21 bits per heavy atom. The Labute approximate surface area is 166 Å². The molecule has 2 aliphatic heterocycles. The number of carbonyl (C=O) groups is 1. The minimum Gasteiger partial charge on any atom is -0.446 e. The maximum Gasteiger partial charge on any atom is 0.534 e. The van der Waals surface area contributed by atoms with Crippen LogP contribution >= 0.6 is 0 Å². The first-order valence-electron chi connectivity index (χ1n) is 9.71. The van der Waals surface area contributed by atoms with Crippen LogP contribution in [0.2, 0.25) is 0 Å². The second kappa shape index (κ2) is 6.73. The summed E-state index contributed by atoms with van der Waals surface area (Å²) in [5, 5.41) is 0. The number of piperidine rings is 1. The molecule has 2 saturated heterocycles. The average Bonchev–Trinajstić information content (AvgIpc) is 3.10. The number of ether oxygens (including phenoxy) is 1. The van der Waals surface area contributed by atoms with Crippen molar-refractivity contribution in [2.45, 2.75) is 83.8 Å². The summed E-state index contributed by atoms with van der Waals surface area (Å²) in [6.07, 6.45) is 1.21. The molecule has 0 N–H and O–H groups in total.